The summed E-state index contributed by atoms with van der Waals surface area (Å²) in [6.45, 7) is 0. The van der Waals surface area contributed by atoms with Crippen LogP contribution in [0.15, 0.2) is 24.4 Å². The number of hydrogen-bond acceptors (Lipinski definition) is 5. The summed E-state index contributed by atoms with van der Waals surface area (Å²) < 4.78 is 7.13. The molecule has 0 spiro atoms. The molecule has 0 amide bonds. The van der Waals surface area contributed by atoms with Gasteiger partial charge in [-0.3, -0.25) is 0 Å². The van der Waals surface area contributed by atoms with Crippen LogP contribution in [0.3, 0.4) is 0 Å². The number of carbonyl (C=O) groups is 1. The first kappa shape index (κ1) is 14.7. The SMILES string of the molecule is COC(=O)c1cnc(-c2cc(C#N)c3c(c2)cc2n3C3CC3CC2)s1. The lowest BCUT2D eigenvalue weighted by Crippen LogP contribution is -2.08. The topological polar surface area (TPSA) is 67.9 Å². The zero-order valence-corrected chi connectivity index (χ0v) is 14.5. The molecule has 3 aromatic rings. The van der Waals surface area contributed by atoms with Crippen molar-refractivity contribution in [3.63, 3.8) is 0 Å². The van der Waals surface area contributed by atoms with Gasteiger partial charge in [-0.25, -0.2) is 9.78 Å². The molecule has 5 nitrogen and oxygen atoms in total. The largest absolute Gasteiger partial charge is 0.465 e. The number of esters is 1. The van der Waals surface area contributed by atoms with Gasteiger partial charge in [0.15, 0.2) is 0 Å². The van der Waals surface area contributed by atoms with E-state index in [1.165, 1.54) is 43.2 Å². The quantitative estimate of drug-likeness (QED) is 0.657. The molecule has 124 valence electrons. The van der Waals surface area contributed by atoms with Crippen LogP contribution in [0.25, 0.3) is 21.5 Å². The average Bonchev–Trinajstić information content (AvgIpc) is 3.10. The first-order chi connectivity index (χ1) is 12.2. The van der Waals surface area contributed by atoms with Gasteiger partial charge in [0.25, 0.3) is 0 Å². The fourth-order valence-electron chi connectivity index (χ4n) is 4.00. The van der Waals surface area contributed by atoms with Crippen LogP contribution in [0.4, 0.5) is 0 Å². The third kappa shape index (κ3) is 2.12. The number of benzene rings is 1. The molecule has 1 aromatic carbocycles. The minimum absolute atomic E-state index is 0.385. The Morgan fingerprint density at radius 1 is 1.44 bits per heavy atom. The second-order valence-electron chi connectivity index (χ2n) is 6.70. The van der Waals surface area contributed by atoms with Gasteiger partial charge >= 0.3 is 5.97 Å². The molecule has 2 unspecified atom stereocenters. The monoisotopic (exact) mass is 349 g/mol. The highest BCUT2D eigenvalue weighted by atomic mass is 32.1. The minimum atomic E-state index is -0.385. The molecule has 6 heteroatoms. The van der Waals surface area contributed by atoms with E-state index in [0.717, 1.165) is 33.8 Å². The van der Waals surface area contributed by atoms with Gasteiger partial charge in [-0.05, 0) is 43.4 Å². The number of aromatic nitrogens is 2. The number of hydrogen-bond donors (Lipinski definition) is 0. The average molecular weight is 349 g/mol. The Labute approximate surface area is 148 Å². The van der Waals surface area contributed by atoms with Crippen molar-refractivity contribution in [3.05, 3.63) is 40.5 Å². The summed E-state index contributed by atoms with van der Waals surface area (Å²) in [5.41, 5.74) is 3.94. The predicted octanol–water partition coefficient (Wildman–Crippen LogP) is 3.93. The van der Waals surface area contributed by atoms with Crippen molar-refractivity contribution in [2.24, 2.45) is 5.92 Å². The molecule has 25 heavy (non-hydrogen) atoms. The van der Waals surface area contributed by atoms with Crippen LogP contribution in [0, 0.1) is 17.2 Å². The number of aryl methyl sites for hydroxylation is 1. The lowest BCUT2D eigenvalue weighted by atomic mass is 10.1. The highest BCUT2D eigenvalue weighted by Crippen LogP contribution is 2.52. The van der Waals surface area contributed by atoms with E-state index in [0.29, 0.717) is 16.5 Å². The molecule has 2 atom stereocenters. The van der Waals surface area contributed by atoms with Crippen LogP contribution in [0.1, 0.15) is 39.8 Å². The lowest BCUT2D eigenvalue weighted by molar-refractivity contribution is 0.0606. The van der Waals surface area contributed by atoms with Gasteiger partial charge in [0, 0.05) is 22.7 Å². The molecule has 1 saturated carbocycles. The van der Waals surface area contributed by atoms with E-state index in [1.807, 2.05) is 6.07 Å². The van der Waals surface area contributed by atoms with Crippen molar-refractivity contribution in [2.45, 2.75) is 25.3 Å². The van der Waals surface area contributed by atoms with Crippen molar-refractivity contribution in [1.29, 1.82) is 5.26 Å². The van der Waals surface area contributed by atoms with Crippen LogP contribution < -0.4 is 0 Å². The van der Waals surface area contributed by atoms with Crippen molar-refractivity contribution in [2.75, 3.05) is 7.11 Å². The van der Waals surface area contributed by atoms with Gasteiger partial charge in [0.2, 0.25) is 0 Å². The first-order valence-electron chi connectivity index (χ1n) is 8.32. The van der Waals surface area contributed by atoms with Gasteiger partial charge < -0.3 is 9.30 Å². The maximum atomic E-state index is 11.7. The van der Waals surface area contributed by atoms with Crippen LogP contribution >= 0.6 is 11.3 Å². The van der Waals surface area contributed by atoms with E-state index < -0.39 is 0 Å². The second-order valence-corrected chi connectivity index (χ2v) is 7.73. The van der Waals surface area contributed by atoms with Crippen molar-refractivity contribution < 1.29 is 9.53 Å². The highest BCUT2D eigenvalue weighted by molar-refractivity contribution is 7.16. The molecular formula is C19H15N3O2S. The van der Waals surface area contributed by atoms with E-state index in [1.54, 1.807) is 0 Å². The summed E-state index contributed by atoms with van der Waals surface area (Å²) >= 11 is 1.29. The Balaban J connectivity index is 1.67. The van der Waals surface area contributed by atoms with Gasteiger partial charge in [-0.15, -0.1) is 11.3 Å². The summed E-state index contributed by atoms with van der Waals surface area (Å²) in [5.74, 6) is 0.403. The zero-order valence-electron chi connectivity index (χ0n) is 13.7. The highest BCUT2D eigenvalue weighted by Gasteiger charge is 2.43. The number of carbonyl (C=O) groups excluding carboxylic acids is 1. The van der Waals surface area contributed by atoms with Crippen molar-refractivity contribution >= 4 is 28.2 Å². The molecule has 0 bridgehead atoms. The molecule has 3 heterocycles. The molecule has 1 fully saturated rings. The molecule has 0 saturated heterocycles. The third-order valence-electron chi connectivity index (χ3n) is 5.26. The lowest BCUT2D eigenvalue weighted by Gasteiger charge is -2.16. The normalized spacial score (nSPS) is 20.6. The van der Waals surface area contributed by atoms with Crippen LogP contribution in [0.2, 0.25) is 0 Å². The van der Waals surface area contributed by atoms with E-state index in [2.05, 4.69) is 27.8 Å². The number of nitrogens with zero attached hydrogens (tertiary/aromatic N) is 3. The van der Waals surface area contributed by atoms with E-state index in [4.69, 9.17) is 4.74 Å². The minimum Gasteiger partial charge on any atom is -0.465 e. The third-order valence-corrected chi connectivity index (χ3v) is 6.29. The Kier molecular flexibility index (Phi) is 3.03. The molecule has 5 rings (SSSR count). The van der Waals surface area contributed by atoms with Crippen LogP contribution in [0.5, 0.6) is 0 Å². The summed E-state index contributed by atoms with van der Waals surface area (Å²) in [5, 5.41) is 11.5. The van der Waals surface area contributed by atoms with Crippen LogP contribution in [-0.2, 0) is 11.2 Å². The summed E-state index contributed by atoms with van der Waals surface area (Å²) in [7, 11) is 1.36. The molecule has 0 N–H and O–H groups in total. The molecule has 0 radical (unpaired) electrons. The van der Waals surface area contributed by atoms with E-state index in [-0.39, 0.29) is 5.97 Å². The predicted molar refractivity (Wildman–Crippen MR) is 94.6 cm³/mol. The molecule has 1 aliphatic heterocycles. The number of ether oxygens (including phenoxy) is 1. The second kappa shape index (κ2) is 5.17. The van der Waals surface area contributed by atoms with Gasteiger partial charge in [-0.2, -0.15) is 5.26 Å². The van der Waals surface area contributed by atoms with Gasteiger partial charge in [0.1, 0.15) is 16.0 Å². The molecule has 2 aromatic heterocycles. The standard InChI is InChI=1S/C19H15N3O2S/c1-24-19(23)16-9-21-18(25-16)12-4-11-6-14-3-2-10-7-15(10)22(14)17(11)13(5-12)8-20/h4-6,9-10,15H,2-3,7H2,1H3. The fraction of sp³-hybridized carbons (Fsp3) is 0.316. The number of rotatable bonds is 2. The maximum Gasteiger partial charge on any atom is 0.349 e. The van der Waals surface area contributed by atoms with Crippen molar-refractivity contribution in [3.8, 4) is 16.6 Å². The van der Waals surface area contributed by atoms with E-state index >= 15 is 0 Å². The first-order valence-corrected chi connectivity index (χ1v) is 9.13. The fourth-order valence-corrected chi connectivity index (χ4v) is 4.82. The van der Waals surface area contributed by atoms with Crippen LogP contribution in [-0.4, -0.2) is 22.6 Å². The number of methoxy groups -OCH3 is 1. The Morgan fingerprint density at radius 3 is 3.12 bits per heavy atom. The van der Waals surface area contributed by atoms with Crippen molar-refractivity contribution in [1.82, 2.24) is 9.55 Å². The Hall–Kier alpha value is -2.65. The zero-order chi connectivity index (χ0) is 17.1. The smallest absolute Gasteiger partial charge is 0.349 e. The molecule has 1 aliphatic carbocycles. The van der Waals surface area contributed by atoms with Gasteiger partial charge in [-0.1, -0.05) is 0 Å². The molecule has 2 aliphatic rings. The maximum absolute atomic E-state index is 11.7. The van der Waals surface area contributed by atoms with E-state index in [9.17, 15) is 10.1 Å². The Morgan fingerprint density at radius 2 is 2.32 bits per heavy atom. The number of thiazole rings is 1. The summed E-state index contributed by atoms with van der Waals surface area (Å²) in [6, 6.07) is 9.12. The summed E-state index contributed by atoms with van der Waals surface area (Å²) in [6.07, 6.45) is 5.10. The number of fused-ring (bicyclic) bond motifs is 5. The molecular weight excluding hydrogens is 334 g/mol. The number of nitriles is 1. The van der Waals surface area contributed by atoms with Gasteiger partial charge in [0.05, 0.1) is 24.4 Å². The Bertz CT molecular complexity index is 1070. The summed E-state index contributed by atoms with van der Waals surface area (Å²) in [4.78, 5) is 16.5.